The standard InChI is InChI=1S/C16H12BrNO3/c17-18-12-4-2-1-3-10(12)15(16(18)20)11-7-9-5-6-21-14(9)8-13(11)19/h1-4,7-8,15,19H,5-6H2. The van der Waals surface area contributed by atoms with E-state index in [1.165, 1.54) is 3.93 Å². The van der Waals surface area contributed by atoms with E-state index in [-0.39, 0.29) is 11.7 Å². The van der Waals surface area contributed by atoms with Crippen molar-refractivity contribution >= 4 is 27.7 Å². The Hall–Kier alpha value is -2.01. The number of benzene rings is 2. The van der Waals surface area contributed by atoms with Crippen LogP contribution in [0.2, 0.25) is 0 Å². The molecule has 0 saturated carbocycles. The van der Waals surface area contributed by atoms with Crippen molar-refractivity contribution in [2.24, 2.45) is 0 Å². The second kappa shape index (κ2) is 4.49. The summed E-state index contributed by atoms with van der Waals surface area (Å²) >= 11 is 3.30. The van der Waals surface area contributed by atoms with Gasteiger partial charge in [0, 0.05) is 18.1 Å². The molecule has 2 aromatic carbocycles. The van der Waals surface area contributed by atoms with E-state index in [1.807, 2.05) is 30.3 Å². The summed E-state index contributed by atoms with van der Waals surface area (Å²) in [4.78, 5) is 12.6. The molecule has 2 heterocycles. The van der Waals surface area contributed by atoms with Gasteiger partial charge >= 0.3 is 0 Å². The molecule has 5 heteroatoms. The van der Waals surface area contributed by atoms with Gasteiger partial charge in [0.1, 0.15) is 11.5 Å². The summed E-state index contributed by atoms with van der Waals surface area (Å²) in [5, 5.41) is 10.3. The van der Waals surface area contributed by atoms with Gasteiger partial charge < -0.3 is 9.84 Å². The number of fused-ring (bicyclic) bond motifs is 2. The summed E-state index contributed by atoms with van der Waals surface area (Å²) in [5.74, 6) is 0.245. The highest BCUT2D eigenvalue weighted by Crippen LogP contribution is 2.46. The molecule has 1 amide bonds. The highest BCUT2D eigenvalue weighted by Gasteiger charge is 2.39. The van der Waals surface area contributed by atoms with Gasteiger partial charge in [0.2, 0.25) is 5.91 Å². The highest BCUT2D eigenvalue weighted by atomic mass is 79.9. The van der Waals surface area contributed by atoms with E-state index in [0.717, 1.165) is 23.2 Å². The Morgan fingerprint density at radius 3 is 2.90 bits per heavy atom. The maximum atomic E-state index is 12.6. The first-order chi connectivity index (χ1) is 10.2. The van der Waals surface area contributed by atoms with Crippen LogP contribution in [0.25, 0.3) is 0 Å². The first-order valence-corrected chi connectivity index (χ1v) is 7.45. The van der Waals surface area contributed by atoms with Crippen LogP contribution in [0.3, 0.4) is 0 Å². The molecule has 1 N–H and O–H groups in total. The molecule has 2 aliphatic heterocycles. The number of carbonyl (C=O) groups is 1. The lowest BCUT2D eigenvalue weighted by atomic mass is 9.90. The number of ether oxygens (including phenoxy) is 1. The Balaban J connectivity index is 1.89. The van der Waals surface area contributed by atoms with Crippen LogP contribution >= 0.6 is 16.1 Å². The summed E-state index contributed by atoms with van der Waals surface area (Å²) in [7, 11) is 0. The molecule has 0 aliphatic carbocycles. The van der Waals surface area contributed by atoms with Gasteiger partial charge in [-0.25, -0.2) is 3.93 Å². The average Bonchev–Trinajstić information content (AvgIpc) is 3.03. The van der Waals surface area contributed by atoms with Crippen LogP contribution in [0.5, 0.6) is 11.5 Å². The van der Waals surface area contributed by atoms with Crippen molar-refractivity contribution in [3.63, 3.8) is 0 Å². The fourth-order valence-electron chi connectivity index (χ4n) is 3.04. The van der Waals surface area contributed by atoms with E-state index in [0.29, 0.717) is 17.9 Å². The van der Waals surface area contributed by atoms with Crippen molar-refractivity contribution in [1.82, 2.24) is 0 Å². The monoisotopic (exact) mass is 345 g/mol. The zero-order valence-corrected chi connectivity index (χ0v) is 12.6. The Labute approximate surface area is 130 Å². The maximum Gasteiger partial charge on any atom is 0.249 e. The minimum absolute atomic E-state index is 0.0923. The molecule has 0 aromatic heterocycles. The number of hydrogen-bond donors (Lipinski definition) is 1. The molecule has 106 valence electrons. The zero-order valence-electron chi connectivity index (χ0n) is 11.0. The van der Waals surface area contributed by atoms with Gasteiger partial charge in [0.15, 0.2) is 0 Å². The summed E-state index contributed by atoms with van der Waals surface area (Å²) in [6.45, 7) is 0.623. The molecular weight excluding hydrogens is 334 g/mol. The summed E-state index contributed by atoms with van der Waals surface area (Å²) < 4.78 is 6.92. The fourth-order valence-corrected chi connectivity index (χ4v) is 3.57. The third-order valence-corrected chi connectivity index (χ3v) is 4.78. The van der Waals surface area contributed by atoms with E-state index in [9.17, 15) is 9.90 Å². The lowest BCUT2D eigenvalue weighted by Gasteiger charge is -2.13. The molecular formula is C16H12BrNO3. The average molecular weight is 346 g/mol. The smallest absolute Gasteiger partial charge is 0.249 e. The maximum absolute atomic E-state index is 12.6. The van der Waals surface area contributed by atoms with Crippen molar-refractivity contribution < 1.29 is 14.6 Å². The lowest BCUT2D eigenvalue weighted by molar-refractivity contribution is -0.117. The molecule has 0 fully saturated rings. The molecule has 0 bridgehead atoms. The van der Waals surface area contributed by atoms with E-state index < -0.39 is 5.92 Å². The number of phenolic OH excluding ortho intramolecular Hbond substituents is 1. The van der Waals surface area contributed by atoms with Crippen LogP contribution < -0.4 is 8.66 Å². The molecule has 0 radical (unpaired) electrons. The minimum atomic E-state index is -0.480. The van der Waals surface area contributed by atoms with Gasteiger partial charge in [-0.1, -0.05) is 18.2 Å². The van der Waals surface area contributed by atoms with Gasteiger partial charge in [-0.15, -0.1) is 0 Å². The highest BCUT2D eigenvalue weighted by molar-refractivity contribution is 9.10. The molecule has 2 aromatic rings. The number of halogens is 1. The number of anilines is 1. The molecule has 1 atom stereocenters. The Morgan fingerprint density at radius 1 is 1.24 bits per heavy atom. The van der Waals surface area contributed by atoms with Crippen LogP contribution in [0.1, 0.15) is 22.6 Å². The molecule has 1 unspecified atom stereocenters. The first kappa shape index (κ1) is 12.7. The summed E-state index contributed by atoms with van der Waals surface area (Å²) in [6.07, 6.45) is 0.809. The largest absolute Gasteiger partial charge is 0.507 e. The third-order valence-electron chi connectivity index (χ3n) is 4.05. The normalized spacial score (nSPS) is 19.4. The first-order valence-electron chi connectivity index (χ1n) is 6.74. The van der Waals surface area contributed by atoms with Gasteiger partial charge in [-0.05, 0) is 23.3 Å². The Kier molecular flexibility index (Phi) is 2.72. The number of para-hydroxylation sites is 1. The van der Waals surface area contributed by atoms with Crippen molar-refractivity contribution in [1.29, 1.82) is 0 Å². The number of hydrogen-bond acceptors (Lipinski definition) is 3. The van der Waals surface area contributed by atoms with Gasteiger partial charge in [-0.3, -0.25) is 4.79 Å². The number of aromatic hydroxyl groups is 1. The molecule has 0 spiro atoms. The van der Waals surface area contributed by atoms with Gasteiger partial charge in [-0.2, -0.15) is 0 Å². The van der Waals surface area contributed by atoms with Crippen LogP contribution in [-0.4, -0.2) is 17.6 Å². The van der Waals surface area contributed by atoms with E-state index in [1.54, 1.807) is 6.07 Å². The van der Waals surface area contributed by atoms with Crippen LogP contribution in [0.15, 0.2) is 36.4 Å². The molecule has 0 saturated heterocycles. The molecule has 4 nitrogen and oxygen atoms in total. The van der Waals surface area contributed by atoms with Gasteiger partial charge in [0.25, 0.3) is 0 Å². The van der Waals surface area contributed by atoms with Crippen LogP contribution in [-0.2, 0) is 11.2 Å². The quantitative estimate of drug-likeness (QED) is 0.808. The topological polar surface area (TPSA) is 49.8 Å². The number of rotatable bonds is 1. The van der Waals surface area contributed by atoms with Gasteiger partial charge in [0.05, 0.1) is 34.4 Å². The van der Waals surface area contributed by atoms with Crippen molar-refractivity contribution in [2.45, 2.75) is 12.3 Å². The SMILES string of the molecule is O=C1C(c2cc3c(cc2O)OCC3)c2ccccc2N1Br. The van der Waals surface area contributed by atoms with Crippen molar-refractivity contribution in [2.75, 3.05) is 10.5 Å². The molecule has 21 heavy (non-hydrogen) atoms. The van der Waals surface area contributed by atoms with E-state index >= 15 is 0 Å². The predicted molar refractivity (Wildman–Crippen MR) is 82.0 cm³/mol. The number of amides is 1. The predicted octanol–water partition coefficient (Wildman–Crippen LogP) is 3.12. The van der Waals surface area contributed by atoms with Crippen molar-refractivity contribution in [3.8, 4) is 11.5 Å². The number of phenols is 1. The second-order valence-corrected chi connectivity index (χ2v) is 5.94. The van der Waals surface area contributed by atoms with Crippen molar-refractivity contribution in [3.05, 3.63) is 53.1 Å². The van der Waals surface area contributed by atoms with E-state index in [2.05, 4.69) is 16.1 Å². The zero-order chi connectivity index (χ0) is 14.6. The Morgan fingerprint density at radius 2 is 2.05 bits per heavy atom. The number of nitrogens with zero attached hydrogens (tertiary/aromatic N) is 1. The lowest BCUT2D eigenvalue weighted by Crippen LogP contribution is -2.19. The van der Waals surface area contributed by atoms with E-state index in [4.69, 9.17) is 4.74 Å². The third kappa shape index (κ3) is 1.77. The fraction of sp³-hybridized carbons (Fsp3) is 0.188. The number of carbonyl (C=O) groups excluding carboxylic acids is 1. The van der Waals surface area contributed by atoms with Crippen LogP contribution in [0, 0.1) is 0 Å². The van der Waals surface area contributed by atoms with Crippen LogP contribution in [0.4, 0.5) is 5.69 Å². The summed E-state index contributed by atoms with van der Waals surface area (Å²) in [5.41, 5.74) is 3.40. The molecule has 2 aliphatic rings. The second-order valence-electron chi connectivity index (χ2n) is 5.23. The Bertz CT molecular complexity index is 759. The molecule has 4 rings (SSSR count). The minimum Gasteiger partial charge on any atom is -0.507 e. The summed E-state index contributed by atoms with van der Waals surface area (Å²) in [6, 6.07) is 11.1.